The van der Waals surface area contributed by atoms with Crippen LogP contribution in [0.5, 0.6) is 0 Å². The van der Waals surface area contributed by atoms with Crippen molar-refractivity contribution >= 4 is 6.03 Å². The van der Waals surface area contributed by atoms with Gasteiger partial charge in [-0.3, -0.25) is 0 Å². The first kappa shape index (κ1) is 15.6. The largest absolute Gasteiger partial charge is 0.393 e. The topological polar surface area (TPSA) is 64.6 Å². The summed E-state index contributed by atoms with van der Waals surface area (Å²) < 4.78 is 0. The summed E-state index contributed by atoms with van der Waals surface area (Å²) in [5, 5.41) is 15.4. The van der Waals surface area contributed by atoms with Gasteiger partial charge in [0.25, 0.3) is 0 Å². The van der Waals surface area contributed by atoms with Crippen LogP contribution in [-0.2, 0) is 0 Å². The van der Waals surface area contributed by atoms with Crippen LogP contribution in [0.1, 0.15) is 39.5 Å². The monoisotopic (exact) mass is 283 g/mol. The molecule has 2 aliphatic rings. The second-order valence-corrected chi connectivity index (χ2v) is 6.62. The van der Waals surface area contributed by atoms with Gasteiger partial charge < -0.3 is 20.6 Å². The fraction of sp³-hybridized carbons (Fsp3) is 0.933. The molecule has 0 bridgehead atoms. The van der Waals surface area contributed by atoms with Crippen molar-refractivity contribution in [3.05, 3.63) is 0 Å². The third kappa shape index (κ3) is 4.94. The van der Waals surface area contributed by atoms with E-state index >= 15 is 0 Å². The number of aliphatic hydroxyl groups is 1. The number of urea groups is 1. The van der Waals surface area contributed by atoms with E-state index in [1.165, 1.54) is 25.8 Å². The molecular weight excluding hydrogens is 254 g/mol. The standard InChI is InChI=1S/C15H29N3O2/c1-11(2)14(19)5-7-16-15(20)17-9-12-6-8-18(10-12)13-3-4-13/h11-14,19H,3-10H2,1-2H3,(H2,16,17,20). The van der Waals surface area contributed by atoms with Gasteiger partial charge in [0.1, 0.15) is 0 Å². The second kappa shape index (κ2) is 7.27. The van der Waals surface area contributed by atoms with Crippen molar-refractivity contribution in [2.45, 2.75) is 51.7 Å². The molecule has 20 heavy (non-hydrogen) atoms. The van der Waals surface area contributed by atoms with E-state index in [4.69, 9.17) is 0 Å². The van der Waals surface area contributed by atoms with Gasteiger partial charge in [-0.15, -0.1) is 0 Å². The van der Waals surface area contributed by atoms with Crippen LogP contribution in [0.25, 0.3) is 0 Å². The SMILES string of the molecule is CC(C)C(O)CCNC(=O)NCC1CCN(C2CC2)C1. The van der Waals surface area contributed by atoms with E-state index in [0.29, 0.717) is 18.9 Å². The Balaban J connectivity index is 1.52. The summed E-state index contributed by atoms with van der Waals surface area (Å²) in [6, 6.07) is 0.733. The zero-order chi connectivity index (χ0) is 14.5. The summed E-state index contributed by atoms with van der Waals surface area (Å²) in [5.74, 6) is 0.842. The smallest absolute Gasteiger partial charge is 0.314 e. The van der Waals surface area contributed by atoms with Crippen molar-refractivity contribution < 1.29 is 9.90 Å². The Hall–Kier alpha value is -0.810. The third-order valence-electron chi connectivity index (χ3n) is 4.43. The van der Waals surface area contributed by atoms with Crippen LogP contribution in [-0.4, -0.2) is 54.4 Å². The van der Waals surface area contributed by atoms with E-state index in [1.807, 2.05) is 13.8 Å². The highest BCUT2D eigenvalue weighted by atomic mass is 16.3. The Morgan fingerprint density at radius 3 is 2.70 bits per heavy atom. The van der Waals surface area contributed by atoms with Crippen molar-refractivity contribution in [3.63, 3.8) is 0 Å². The maximum Gasteiger partial charge on any atom is 0.314 e. The molecule has 1 heterocycles. The molecule has 0 aromatic rings. The molecule has 116 valence electrons. The fourth-order valence-electron chi connectivity index (χ4n) is 2.77. The predicted octanol–water partition coefficient (Wildman–Crippen LogP) is 1.18. The zero-order valence-electron chi connectivity index (χ0n) is 12.8. The third-order valence-corrected chi connectivity index (χ3v) is 4.43. The summed E-state index contributed by atoms with van der Waals surface area (Å²) in [6.07, 6.45) is 4.20. The van der Waals surface area contributed by atoms with E-state index in [-0.39, 0.29) is 18.1 Å². The number of rotatable bonds is 7. The lowest BCUT2D eigenvalue weighted by Gasteiger charge is -2.16. The molecule has 2 atom stereocenters. The van der Waals surface area contributed by atoms with E-state index in [0.717, 1.165) is 19.1 Å². The molecule has 5 nitrogen and oxygen atoms in total. The lowest BCUT2D eigenvalue weighted by atomic mass is 10.0. The number of hydrogen-bond donors (Lipinski definition) is 3. The molecule has 1 aliphatic carbocycles. The first-order valence-corrected chi connectivity index (χ1v) is 8.00. The molecule has 0 aromatic heterocycles. The van der Waals surface area contributed by atoms with Crippen LogP contribution in [0.2, 0.25) is 0 Å². The number of nitrogens with one attached hydrogen (secondary N) is 2. The molecule has 1 saturated carbocycles. The van der Waals surface area contributed by atoms with E-state index in [9.17, 15) is 9.90 Å². The van der Waals surface area contributed by atoms with E-state index in [1.54, 1.807) is 0 Å². The minimum Gasteiger partial charge on any atom is -0.393 e. The minimum absolute atomic E-state index is 0.106. The predicted molar refractivity (Wildman–Crippen MR) is 79.6 cm³/mol. The highest BCUT2D eigenvalue weighted by Crippen LogP contribution is 2.31. The first-order valence-electron chi connectivity index (χ1n) is 8.00. The van der Waals surface area contributed by atoms with Crippen molar-refractivity contribution in [1.29, 1.82) is 0 Å². The van der Waals surface area contributed by atoms with Gasteiger partial charge in [0.05, 0.1) is 6.10 Å². The van der Waals surface area contributed by atoms with Crippen LogP contribution in [0.15, 0.2) is 0 Å². The summed E-state index contributed by atoms with van der Waals surface area (Å²) in [4.78, 5) is 14.2. The molecule has 0 aromatic carbocycles. The number of nitrogens with zero attached hydrogens (tertiary/aromatic N) is 1. The number of carbonyl (C=O) groups excluding carboxylic acids is 1. The Labute approximate surface area is 122 Å². The zero-order valence-corrected chi connectivity index (χ0v) is 12.8. The molecule has 3 N–H and O–H groups in total. The quantitative estimate of drug-likeness (QED) is 0.657. The van der Waals surface area contributed by atoms with Crippen LogP contribution < -0.4 is 10.6 Å². The van der Waals surface area contributed by atoms with Crippen LogP contribution in [0, 0.1) is 11.8 Å². The normalized spacial score (nSPS) is 24.9. The summed E-state index contributed by atoms with van der Waals surface area (Å²) in [7, 11) is 0. The van der Waals surface area contributed by atoms with Gasteiger partial charge in [-0.2, -0.15) is 0 Å². The average Bonchev–Trinajstić information content (AvgIpc) is 3.15. The van der Waals surface area contributed by atoms with Crippen LogP contribution in [0.4, 0.5) is 4.79 Å². The number of carbonyl (C=O) groups is 1. The Morgan fingerprint density at radius 1 is 1.30 bits per heavy atom. The van der Waals surface area contributed by atoms with Gasteiger partial charge in [0, 0.05) is 25.7 Å². The highest BCUT2D eigenvalue weighted by molar-refractivity contribution is 5.73. The fourth-order valence-corrected chi connectivity index (χ4v) is 2.77. The summed E-state index contributed by atoms with van der Waals surface area (Å²) >= 11 is 0. The van der Waals surface area contributed by atoms with Gasteiger partial charge >= 0.3 is 6.03 Å². The number of likely N-dealkylation sites (tertiary alicyclic amines) is 1. The van der Waals surface area contributed by atoms with Gasteiger partial charge in [-0.05, 0) is 44.1 Å². The lowest BCUT2D eigenvalue weighted by molar-refractivity contribution is 0.116. The van der Waals surface area contributed by atoms with Gasteiger partial charge in [-0.1, -0.05) is 13.8 Å². The number of amides is 2. The Morgan fingerprint density at radius 2 is 2.05 bits per heavy atom. The molecular formula is C15H29N3O2. The minimum atomic E-state index is -0.336. The number of hydrogen-bond acceptors (Lipinski definition) is 3. The average molecular weight is 283 g/mol. The second-order valence-electron chi connectivity index (χ2n) is 6.62. The Bertz CT molecular complexity index is 318. The molecule has 2 rings (SSSR count). The van der Waals surface area contributed by atoms with Crippen LogP contribution in [0.3, 0.4) is 0 Å². The van der Waals surface area contributed by atoms with Crippen molar-refractivity contribution in [3.8, 4) is 0 Å². The van der Waals surface area contributed by atoms with Gasteiger partial charge in [0.2, 0.25) is 0 Å². The Kier molecular flexibility index (Phi) is 5.66. The van der Waals surface area contributed by atoms with Crippen molar-refractivity contribution in [1.82, 2.24) is 15.5 Å². The molecule has 2 fully saturated rings. The van der Waals surface area contributed by atoms with E-state index < -0.39 is 0 Å². The van der Waals surface area contributed by atoms with Gasteiger partial charge in [0.15, 0.2) is 0 Å². The maximum atomic E-state index is 11.7. The molecule has 1 aliphatic heterocycles. The first-order chi connectivity index (χ1) is 9.56. The molecule has 1 saturated heterocycles. The molecule has 0 spiro atoms. The molecule has 2 amide bonds. The molecule has 5 heteroatoms. The van der Waals surface area contributed by atoms with E-state index in [2.05, 4.69) is 15.5 Å². The molecule has 0 radical (unpaired) electrons. The highest BCUT2D eigenvalue weighted by Gasteiger charge is 2.34. The van der Waals surface area contributed by atoms with Crippen LogP contribution >= 0.6 is 0 Å². The van der Waals surface area contributed by atoms with Crippen molar-refractivity contribution in [2.24, 2.45) is 11.8 Å². The summed E-state index contributed by atoms with van der Waals surface area (Å²) in [5.41, 5.74) is 0. The van der Waals surface area contributed by atoms with Crippen molar-refractivity contribution in [2.75, 3.05) is 26.2 Å². The summed E-state index contributed by atoms with van der Waals surface area (Å²) in [6.45, 7) is 7.59. The molecule has 2 unspecified atom stereocenters. The van der Waals surface area contributed by atoms with Gasteiger partial charge in [-0.25, -0.2) is 4.79 Å². The number of aliphatic hydroxyl groups excluding tert-OH is 1. The maximum absolute atomic E-state index is 11.7. The lowest BCUT2D eigenvalue weighted by Crippen LogP contribution is -2.40.